The normalized spacial score (nSPS) is 16.5. The molecular weight excluding hydrogens is 168 g/mol. The molecule has 1 fully saturated rings. The van der Waals surface area contributed by atoms with Gasteiger partial charge in [-0.2, -0.15) is 0 Å². The third kappa shape index (κ3) is 3.74. The molecule has 76 valence electrons. The van der Waals surface area contributed by atoms with Gasteiger partial charge in [-0.05, 0) is 25.8 Å². The Hall–Kier alpha value is -0.610. The van der Waals surface area contributed by atoms with Gasteiger partial charge in [0.2, 0.25) is 5.91 Å². The van der Waals surface area contributed by atoms with Crippen LogP contribution in [-0.4, -0.2) is 30.7 Å². The summed E-state index contributed by atoms with van der Waals surface area (Å²) in [7, 11) is 0. The Bertz CT molecular complexity index is 156. The quantitative estimate of drug-likeness (QED) is 0.642. The van der Waals surface area contributed by atoms with Crippen molar-refractivity contribution < 1.29 is 9.63 Å². The highest BCUT2D eigenvalue weighted by Gasteiger charge is 2.17. The van der Waals surface area contributed by atoms with Gasteiger partial charge in [0.15, 0.2) is 0 Å². The SMILES string of the molecule is NCCCCCC(=O)N1CCCO1. The molecule has 1 amide bonds. The fourth-order valence-electron chi connectivity index (χ4n) is 1.37. The molecule has 0 spiro atoms. The van der Waals surface area contributed by atoms with Crippen molar-refractivity contribution in [3.8, 4) is 0 Å². The average molecular weight is 186 g/mol. The van der Waals surface area contributed by atoms with Gasteiger partial charge in [-0.25, -0.2) is 5.06 Å². The number of hydroxylamine groups is 2. The number of rotatable bonds is 5. The zero-order valence-electron chi connectivity index (χ0n) is 8.00. The van der Waals surface area contributed by atoms with E-state index in [-0.39, 0.29) is 5.91 Å². The molecule has 13 heavy (non-hydrogen) atoms. The van der Waals surface area contributed by atoms with E-state index in [9.17, 15) is 4.79 Å². The summed E-state index contributed by atoms with van der Waals surface area (Å²) in [5.74, 6) is 0.120. The predicted molar refractivity (Wildman–Crippen MR) is 49.8 cm³/mol. The van der Waals surface area contributed by atoms with Crippen molar-refractivity contribution in [1.29, 1.82) is 0 Å². The molecule has 0 aliphatic carbocycles. The topological polar surface area (TPSA) is 55.6 Å². The molecule has 0 saturated carbocycles. The van der Waals surface area contributed by atoms with E-state index in [1.807, 2.05) is 0 Å². The second kappa shape index (κ2) is 5.94. The molecule has 1 aliphatic heterocycles. The van der Waals surface area contributed by atoms with E-state index in [4.69, 9.17) is 10.6 Å². The lowest BCUT2D eigenvalue weighted by molar-refractivity contribution is -0.168. The van der Waals surface area contributed by atoms with E-state index in [1.54, 1.807) is 0 Å². The van der Waals surface area contributed by atoms with Crippen molar-refractivity contribution in [1.82, 2.24) is 5.06 Å². The van der Waals surface area contributed by atoms with Crippen LogP contribution in [0, 0.1) is 0 Å². The summed E-state index contributed by atoms with van der Waals surface area (Å²) in [6.07, 6.45) is 4.54. The summed E-state index contributed by atoms with van der Waals surface area (Å²) in [4.78, 5) is 16.5. The fourth-order valence-corrected chi connectivity index (χ4v) is 1.37. The third-order valence-corrected chi connectivity index (χ3v) is 2.13. The number of amides is 1. The van der Waals surface area contributed by atoms with Crippen LogP contribution >= 0.6 is 0 Å². The van der Waals surface area contributed by atoms with Crippen LogP contribution < -0.4 is 5.73 Å². The van der Waals surface area contributed by atoms with Gasteiger partial charge in [-0.3, -0.25) is 9.63 Å². The first-order valence-corrected chi connectivity index (χ1v) is 4.98. The number of carbonyl (C=O) groups excluding carboxylic acids is 1. The Balaban J connectivity index is 2.03. The lowest BCUT2D eigenvalue weighted by Crippen LogP contribution is -2.26. The summed E-state index contributed by atoms with van der Waals surface area (Å²) in [6, 6.07) is 0. The van der Waals surface area contributed by atoms with Gasteiger partial charge in [0, 0.05) is 6.42 Å². The number of carbonyl (C=O) groups is 1. The number of nitrogens with zero attached hydrogens (tertiary/aromatic N) is 1. The van der Waals surface area contributed by atoms with Crippen molar-refractivity contribution in [2.45, 2.75) is 32.1 Å². The largest absolute Gasteiger partial charge is 0.330 e. The number of hydrogen-bond acceptors (Lipinski definition) is 3. The van der Waals surface area contributed by atoms with Crippen LogP contribution in [0.3, 0.4) is 0 Å². The summed E-state index contributed by atoms with van der Waals surface area (Å²) < 4.78 is 0. The van der Waals surface area contributed by atoms with Crippen LogP contribution in [0.1, 0.15) is 32.1 Å². The number of unbranched alkanes of at least 4 members (excludes halogenated alkanes) is 2. The predicted octanol–water partition coefficient (Wildman–Crippen LogP) is 0.669. The molecule has 0 aromatic rings. The zero-order valence-corrected chi connectivity index (χ0v) is 8.00. The molecule has 1 heterocycles. The average Bonchev–Trinajstić information content (AvgIpc) is 2.65. The second-order valence-electron chi connectivity index (χ2n) is 3.28. The van der Waals surface area contributed by atoms with Crippen LogP contribution in [0.2, 0.25) is 0 Å². The molecule has 0 radical (unpaired) electrons. The van der Waals surface area contributed by atoms with Crippen molar-refractivity contribution in [2.75, 3.05) is 19.7 Å². The maximum Gasteiger partial charge on any atom is 0.246 e. The van der Waals surface area contributed by atoms with E-state index in [0.29, 0.717) is 19.6 Å². The summed E-state index contributed by atoms with van der Waals surface area (Å²) in [6.45, 7) is 2.17. The fraction of sp³-hybridized carbons (Fsp3) is 0.889. The van der Waals surface area contributed by atoms with Gasteiger partial charge in [0.25, 0.3) is 0 Å². The Morgan fingerprint density at radius 1 is 1.38 bits per heavy atom. The Morgan fingerprint density at radius 2 is 2.23 bits per heavy atom. The molecule has 4 nitrogen and oxygen atoms in total. The molecule has 1 saturated heterocycles. The molecule has 1 aliphatic rings. The van der Waals surface area contributed by atoms with Gasteiger partial charge in [0.1, 0.15) is 0 Å². The Labute approximate surface area is 79.0 Å². The van der Waals surface area contributed by atoms with Crippen LogP contribution in [0.4, 0.5) is 0 Å². The van der Waals surface area contributed by atoms with Crippen molar-refractivity contribution in [3.63, 3.8) is 0 Å². The molecular formula is C9H18N2O2. The van der Waals surface area contributed by atoms with Crippen LogP contribution in [0.5, 0.6) is 0 Å². The van der Waals surface area contributed by atoms with E-state index in [0.717, 1.165) is 32.2 Å². The molecule has 0 aromatic carbocycles. The van der Waals surface area contributed by atoms with Gasteiger partial charge in [-0.15, -0.1) is 0 Å². The monoisotopic (exact) mass is 186 g/mol. The smallest absolute Gasteiger partial charge is 0.246 e. The van der Waals surface area contributed by atoms with Crippen LogP contribution in [0.25, 0.3) is 0 Å². The minimum atomic E-state index is 0.120. The van der Waals surface area contributed by atoms with Crippen molar-refractivity contribution >= 4 is 5.91 Å². The highest BCUT2D eigenvalue weighted by atomic mass is 16.7. The molecule has 0 unspecified atom stereocenters. The molecule has 0 aromatic heterocycles. The lowest BCUT2D eigenvalue weighted by Gasteiger charge is -2.13. The second-order valence-corrected chi connectivity index (χ2v) is 3.28. The minimum absolute atomic E-state index is 0.120. The molecule has 2 N–H and O–H groups in total. The molecule has 0 bridgehead atoms. The highest BCUT2D eigenvalue weighted by Crippen LogP contribution is 2.08. The van der Waals surface area contributed by atoms with Gasteiger partial charge < -0.3 is 5.73 Å². The number of hydrogen-bond donors (Lipinski definition) is 1. The number of nitrogens with two attached hydrogens (primary N) is 1. The van der Waals surface area contributed by atoms with Crippen molar-refractivity contribution in [3.05, 3.63) is 0 Å². The summed E-state index contributed by atoms with van der Waals surface area (Å²) in [5.41, 5.74) is 5.35. The third-order valence-electron chi connectivity index (χ3n) is 2.13. The maximum absolute atomic E-state index is 11.4. The van der Waals surface area contributed by atoms with Crippen LogP contribution in [-0.2, 0) is 9.63 Å². The van der Waals surface area contributed by atoms with Crippen LogP contribution in [0.15, 0.2) is 0 Å². The minimum Gasteiger partial charge on any atom is -0.330 e. The van der Waals surface area contributed by atoms with Gasteiger partial charge in [0.05, 0.1) is 13.2 Å². The van der Waals surface area contributed by atoms with Gasteiger partial charge in [-0.1, -0.05) is 6.42 Å². The van der Waals surface area contributed by atoms with Crippen molar-refractivity contribution in [2.24, 2.45) is 5.73 Å². The molecule has 1 rings (SSSR count). The van der Waals surface area contributed by atoms with E-state index >= 15 is 0 Å². The highest BCUT2D eigenvalue weighted by molar-refractivity contribution is 5.75. The Morgan fingerprint density at radius 3 is 2.85 bits per heavy atom. The lowest BCUT2D eigenvalue weighted by atomic mass is 10.2. The summed E-state index contributed by atoms with van der Waals surface area (Å²) in [5, 5.41) is 1.49. The maximum atomic E-state index is 11.4. The van der Waals surface area contributed by atoms with E-state index < -0.39 is 0 Å². The first-order chi connectivity index (χ1) is 6.34. The van der Waals surface area contributed by atoms with Gasteiger partial charge >= 0.3 is 0 Å². The molecule has 0 atom stereocenters. The summed E-state index contributed by atoms with van der Waals surface area (Å²) >= 11 is 0. The Kier molecular flexibility index (Phi) is 4.78. The zero-order chi connectivity index (χ0) is 9.52. The first-order valence-electron chi connectivity index (χ1n) is 4.98. The standard InChI is InChI=1S/C9H18N2O2/c10-6-3-1-2-5-9(12)11-7-4-8-13-11/h1-8,10H2. The van der Waals surface area contributed by atoms with E-state index in [1.165, 1.54) is 5.06 Å². The molecule has 4 heteroatoms. The first kappa shape index (κ1) is 10.5. The van der Waals surface area contributed by atoms with E-state index in [2.05, 4.69) is 0 Å².